The van der Waals surface area contributed by atoms with Gasteiger partial charge in [0, 0.05) is 5.92 Å². The van der Waals surface area contributed by atoms with Gasteiger partial charge >= 0.3 is 0 Å². The molecule has 5 heteroatoms. The van der Waals surface area contributed by atoms with Gasteiger partial charge in [0.1, 0.15) is 0 Å². The van der Waals surface area contributed by atoms with Crippen molar-refractivity contribution in [1.82, 2.24) is 0 Å². The Bertz CT molecular complexity index is 377. The van der Waals surface area contributed by atoms with Crippen LogP contribution >= 0.6 is 0 Å². The van der Waals surface area contributed by atoms with Crippen molar-refractivity contribution in [2.45, 2.75) is 65.5 Å². The van der Waals surface area contributed by atoms with E-state index >= 15 is 0 Å². The predicted molar refractivity (Wildman–Crippen MR) is 73.9 cm³/mol. The number of rotatable bonds is 4. The molecule has 0 aromatic carbocycles. The van der Waals surface area contributed by atoms with Crippen LogP contribution in [-0.2, 0) is 0 Å². The Balaban J connectivity index is 0. The Morgan fingerprint density at radius 3 is 1.26 bits per heavy atom. The predicted octanol–water partition coefficient (Wildman–Crippen LogP) is 3.99. The molecule has 0 fully saturated rings. The van der Waals surface area contributed by atoms with Crippen molar-refractivity contribution in [3.63, 3.8) is 0 Å². The minimum atomic E-state index is -0.798. The van der Waals surface area contributed by atoms with Crippen LogP contribution < -0.4 is 0 Å². The lowest BCUT2D eigenvalue weighted by Gasteiger charge is -2.16. The molecule has 0 aliphatic rings. The van der Waals surface area contributed by atoms with Crippen molar-refractivity contribution < 1.29 is 0 Å². The van der Waals surface area contributed by atoms with E-state index in [1.165, 1.54) is 0 Å². The van der Waals surface area contributed by atoms with Gasteiger partial charge < -0.3 is 0 Å². The largest absolute Gasteiger partial charge is 0.198 e. The van der Waals surface area contributed by atoms with E-state index in [0.29, 0.717) is 12.8 Å². The Kier molecular flexibility index (Phi) is 9.26. The molecule has 2 unspecified atom stereocenters. The van der Waals surface area contributed by atoms with Crippen molar-refractivity contribution in [2.75, 3.05) is 0 Å². The molecular weight excluding hydrogens is 238 g/mol. The summed E-state index contributed by atoms with van der Waals surface area (Å²) in [4.78, 5) is 0. The highest BCUT2D eigenvalue weighted by atomic mass is 15.2. The van der Waals surface area contributed by atoms with Gasteiger partial charge in [0.25, 0.3) is 0 Å². The Morgan fingerprint density at radius 2 is 1.16 bits per heavy atom. The van der Waals surface area contributed by atoms with Crippen molar-refractivity contribution in [2.24, 2.45) is 16.1 Å². The summed E-state index contributed by atoms with van der Waals surface area (Å²) in [5.41, 5.74) is -1.60. The van der Waals surface area contributed by atoms with Gasteiger partial charge in [0.15, 0.2) is 11.1 Å². The lowest BCUT2D eigenvalue weighted by atomic mass is 10.0. The number of hydrogen-bond donors (Lipinski definition) is 0. The highest BCUT2D eigenvalue weighted by Crippen LogP contribution is 2.20. The fourth-order valence-electron chi connectivity index (χ4n) is 0.565. The van der Waals surface area contributed by atoms with Crippen LogP contribution in [0.25, 0.3) is 0 Å². The van der Waals surface area contributed by atoms with Crippen molar-refractivity contribution in [3.8, 4) is 18.2 Å². The van der Waals surface area contributed by atoms with E-state index in [2.05, 4.69) is 22.4 Å². The molecule has 104 valence electrons. The average Bonchev–Trinajstić information content (AvgIpc) is 2.44. The second kappa shape index (κ2) is 9.06. The van der Waals surface area contributed by atoms with E-state index < -0.39 is 11.1 Å². The zero-order valence-electron chi connectivity index (χ0n) is 12.7. The molecule has 0 N–H and O–H groups in total. The summed E-state index contributed by atoms with van der Waals surface area (Å²) < 4.78 is 0. The van der Waals surface area contributed by atoms with E-state index in [4.69, 9.17) is 15.8 Å². The third-order valence-electron chi connectivity index (χ3n) is 2.61. The van der Waals surface area contributed by atoms with Gasteiger partial charge in [-0.15, -0.1) is 0 Å². The van der Waals surface area contributed by atoms with Gasteiger partial charge in [-0.3, -0.25) is 0 Å². The second-order valence-corrected chi connectivity index (χ2v) is 4.96. The SMILES string of the molecule is CC(C)C#N.CCC(C)(C#N)N=NC(C)(C#N)CC. The van der Waals surface area contributed by atoms with Crippen LogP contribution in [-0.4, -0.2) is 11.1 Å². The van der Waals surface area contributed by atoms with Gasteiger partial charge in [0.2, 0.25) is 0 Å². The van der Waals surface area contributed by atoms with E-state index in [-0.39, 0.29) is 5.92 Å². The summed E-state index contributed by atoms with van der Waals surface area (Å²) in [5.74, 6) is 0.190. The van der Waals surface area contributed by atoms with Crippen molar-refractivity contribution >= 4 is 0 Å². The summed E-state index contributed by atoms with van der Waals surface area (Å²) >= 11 is 0. The minimum absolute atomic E-state index is 0.190. The van der Waals surface area contributed by atoms with Crippen LogP contribution in [0.1, 0.15) is 54.4 Å². The summed E-state index contributed by atoms with van der Waals surface area (Å²) in [6.07, 6.45) is 1.19. The second-order valence-electron chi connectivity index (χ2n) is 4.96. The fourth-order valence-corrected chi connectivity index (χ4v) is 0.565. The zero-order valence-corrected chi connectivity index (χ0v) is 12.7. The first-order chi connectivity index (χ1) is 8.72. The molecule has 0 aromatic heterocycles. The summed E-state index contributed by atoms with van der Waals surface area (Å²) in [6.45, 7) is 10.9. The molecule has 5 nitrogen and oxygen atoms in total. The van der Waals surface area contributed by atoms with Crippen LogP contribution in [0.5, 0.6) is 0 Å². The topological polar surface area (TPSA) is 96.1 Å². The first kappa shape index (κ1) is 19.4. The standard InChI is InChI=1S/C10H16N4.C4H7N/c1-5-9(3,7-11)13-14-10(4,6-2)8-12;1-4(2)3-5/h5-6H2,1-4H3;4H,1-2H3. The summed E-state index contributed by atoms with van der Waals surface area (Å²) in [5, 5.41) is 33.5. The van der Waals surface area contributed by atoms with Gasteiger partial charge in [-0.25, -0.2) is 0 Å². The molecule has 0 aromatic rings. The van der Waals surface area contributed by atoms with Crippen LogP contribution in [0, 0.1) is 39.9 Å². The first-order valence-corrected chi connectivity index (χ1v) is 6.38. The molecule has 0 saturated carbocycles. The molecular formula is C14H23N5. The number of nitrogens with zero attached hydrogens (tertiary/aromatic N) is 5. The molecule has 0 radical (unpaired) electrons. The fraction of sp³-hybridized carbons (Fsp3) is 0.786. The Hall–Kier alpha value is -1.93. The van der Waals surface area contributed by atoms with E-state index in [1.807, 2.05) is 33.8 Å². The van der Waals surface area contributed by atoms with Gasteiger partial charge in [0.05, 0.1) is 18.2 Å². The maximum Gasteiger partial charge on any atom is 0.164 e. The van der Waals surface area contributed by atoms with Crippen molar-refractivity contribution in [3.05, 3.63) is 0 Å². The molecule has 0 amide bonds. The maximum absolute atomic E-state index is 8.84. The van der Waals surface area contributed by atoms with Crippen LogP contribution in [0.4, 0.5) is 0 Å². The first-order valence-electron chi connectivity index (χ1n) is 6.38. The van der Waals surface area contributed by atoms with Crippen LogP contribution in [0.3, 0.4) is 0 Å². The quantitative estimate of drug-likeness (QED) is 0.715. The smallest absolute Gasteiger partial charge is 0.164 e. The highest BCUT2D eigenvalue weighted by molar-refractivity contribution is 5.06. The number of hydrogen-bond acceptors (Lipinski definition) is 5. The van der Waals surface area contributed by atoms with E-state index in [0.717, 1.165) is 0 Å². The summed E-state index contributed by atoms with van der Waals surface area (Å²) in [6, 6.07) is 6.19. The highest BCUT2D eigenvalue weighted by Gasteiger charge is 2.25. The average molecular weight is 261 g/mol. The third-order valence-corrected chi connectivity index (χ3v) is 2.61. The molecule has 0 aliphatic heterocycles. The summed E-state index contributed by atoms with van der Waals surface area (Å²) in [7, 11) is 0. The molecule has 2 atom stereocenters. The Morgan fingerprint density at radius 1 is 0.895 bits per heavy atom. The molecule has 19 heavy (non-hydrogen) atoms. The van der Waals surface area contributed by atoms with Crippen LogP contribution in [0.2, 0.25) is 0 Å². The molecule has 0 heterocycles. The lowest BCUT2D eigenvalue weighted by molar-refractivity contribution is 0.473. The monoisotopic (exact) mass is 261 g/mol. The lowest BCUT2D eigenvalue weighted by Crippen LogP contribution is -2.22. The molecule has 0 rings (SSSR count). The maximum atomic E-state index is 8.84. The van der Waals surface area contributed by atoms with E-state index in [9.17, 15) is 0 Å². The third kappa shape index (κ3) is 8.75. The van der Waals surface area contributed by atoms with Gasteiger partial charge in [-0.2, -0.15) is 26.0 Å². The number of azo groups is 1. The normalized spacial score (nSPS) is 16.2. The van der Waals surface area contributed by atoms with Crippen molar-refractivity contribution in [1.29, 1.82) is 15.8 Å². The van der Waals surface area contributed by atoms with Gasteiger partial charge in [-0.05, 0) is 40.5 Å². The molecule has 0 saturated heterocycles. The minimum Gasteiger partial charge on any atom is -0.198 e. The molecule has 0 spiro atoms. The Labute approximate surface area is 116 Å². The van der Waals surface area contributed by atoms with E-state index in [1.54, 1.807) is 13.8 Å². The van der Waals surface area contributed by atoms with Gasteiger partial charge in [-0.1, -0.05) is 13.8 Å². The molecule has 0 aliphatic carbocycles. The molecule has 0 bridgehead atoms. The number of nitriles is 3. The van der Waals surface area contributed by atoms with Crippen LogP contribution in [0.15, 0.2) is 10.2 Å². The zero-order chi connectivity index (χ0) is 15.5.